The first kappa shape index (κ1) is 12.8. The molecular formula is C13H12N2O2. The average molecular weight is 228 g/mol. The van der Waals surface area contributed by atoms with E-state index in [0.29, 0.717) is 12.1 Å². The molecular weight excluding hydrogens is 216 g/mol. The van der Waals surface area contributed by atoms with Gasteiger partial charge in [0.25, 0.3) is 0 Å². The Morgan fingerprint density at radius 1 is 1.53 bits per heavy atom. The number of nitriles is 1. The van der Waals surface area contributed by atoms with Gasteiger partial charge in [-0.2, -0.15) is 5.26 Å². The number of hydrogen-bond donors (Lipinski definition) is 1. The molecule has 1 N–H and O–H groups in total. The van der Waals surface area contributed by atoms with Crippen molar-refractivity contribution < 1.29 is 9.90 Å². The van der Waals surface area contributed by atoms with Crippen LogP contribution < -0.4 is 0 Å². The predicted octanol–water partition coefficient (Wildman–Crippen LogP) is 1.08. The van der Waals surface area contributed by atoms with Crippen LogP contribution in [0.25, 0.3) is 0 Å². The zero-order valence-electron chi connectivity index (χ0n) is 9.26. The van der Waals surface area contributed by atoms with Gasteiger partial charge in [-0.15, -0.1) is 6.42 Å². The molecule has 0 saturated carbocycles. The molecule has 0 saturated heterocycles. The van der Waals surface area contributed by atoms with Gasteiger partial charge in [0.05, 0.1) is 24.7 Å². The van der Waals surface area contributed by atoms with Crippen molar-refractivity contribution in [2.75, 3.05) is 13.1 Å². The van der Waals surface area contributed by atoms with E-state index in [1.54, 1.807) is 23.1 Å². The molecule has 1 aromatic carbocycles. The van der Waals surface area contributed by atoms with Gasteiger partial charge in [0.2, 0.25) is 0 Å². The number of aliphatic carboxylic acids is 1. The average Bonchev–Trinajstić information content (AvgIpc) is 2.29. The number of carboxylic acid groups (broad SMARTS) is 1. The molecule has 0 unspecified atom stereocenters. The summed E-state index contributed by atoms with van der Waals surface area (Å²) in [7, 11) is 0. The Morgan fingerprint density at radius 3 is 2.88 bits per heavy atom. The Hall–Kier alpha value is -2.30. The van der Waals surface area contributed by atoms with E-state index in [0.717, 1.165) is 5.56 Å². The monoisotopic (exact) mass is 228 g/mol. The van der Waals surface area contributed by atoms with Crippen LogP contribution in [-0.4, -0.2) is 29.1 Å². The smallest absolute Gasteiger partial charge is 0.317 e. The number of carbonyl (C=O) groups is 1. The molecule has 0 amide bonds. The number of benzene rings is 1. The minimum absolute atomic E-state index is 0.110. The molecule has 0 aliphatic heterocycles. The molecule has 1 aromatic rings. The van der Waals surface area contributed by atoms with E-state index in [-0.39, 0.29) is 13.1 Å². The molecule has 0 radical (unpaired) electrons. The van der Waals surface area contributed by atoms with Crippen molar-refractivity contribution in [3.63, 3.8) is 0 Å². The van der Waals surface area contributed by atoms with E-state index >= 15 is 0 Å². The lowest BCUT2D eigenvalue weighted by Gasteiger charge is -2.17. The molecule has 1 rings (SSSR count). The van der Waals surface area contributed by atoms with Gasteiger partial charge in [0, 0.05) is 6.54 Å². The summed E-state index contributed by atoms with van der Waals surface area (Å²) in [5.74, 6) is 1.50. The fraction of sp³-hybridized carbons (Fsp3) is 0.231. The highest BCUT2D eigenvalue weighted by Crippen LogP contribution is 2.07. The summed E-state index contributed by atoms with van der Waals surface area (Å²) >= 11 is 0. The van der Waals surface area contributed by atoms with Gasteiger partial charge in [0.1, 0.15) is 0 Å². The van der Waals surface area contributed by atoms with Crippen molar-refractivity contribution in [2.45, 2.75) is 6.54 Å². The highest BCUT2D eigenvalue weighted by molar-refractivity contribution is 5.69. The molecule has 0 heterocycles. The van der Waals surface area contributed by atoms with Crippen LogP contribution in [0.5, 0.6) is 0 Å². The third-order valence-corrected chi connectivity index (χ3v) is 2.14. The molecule has 0 aromatic heterocycles. The lowest BCUT2D eigenvalue weighted by Crippen LogP contribution is -2.29. The maximum Gasteiger partial charge on any atom is 0.317 e. The Kier molecular flexibility index (Phi) is 4.75. The normalized spacial score (nSPS) is 9.59. The zero-order chi connectivity index (χ0) is 12.7. The predicted molar refractivity (Wildman–Crippen MR) is 62.9 cm³/mol. The topological polar surface area (TPSA) is 64.3 Å². The quantitative estimate of drug-likeness (QED) is 0.766. The van der Waals surface area contributed by atoms with Crippen LogP contribution in [0.3, 0.4) is 0 Å². The van der Waals surface area contributed by atoms with Crippen molar-refractivity contribution in [3.8, 4) is 18.4 Å². The number of nitrogens with zero attached hydrogens (tertiary/aromatic N) is 2. The maximum absolute atomic E-state index is 10.6. The maximum atomic E-state index is 10.6. The van der Waals surface area contributed by atoms with Gasteiger partial charge in [-0.1, -0.05) is 18.1 Å². The van der Waals surface area contributed by atoms with Crippen LogP contribution in [0, 0.1) is 23.7 Å². The van der Waals surface area contributed by atoms with E-state index in [1.165, 1.54) is 0 Å². The fourth-order valence-corrected chi connectivity index (χ4v) is 1.49. The lowest BCUT2D eigenvalue weighted by atomic mass is 10.1. The van der Waals surface area contributed by atoms with Gasteiger partial charge in [-0.25, -0.2) is 0 Å². The largest absolute Gasteiger partial charge is 0.480 e. The first-order valence-corrected chi connectivity index (χ1v) is 5.02. The third kappa shape index (κ3) is 4.38. The van der Waals surface area contributed by atoms with Crippen LogP contribution in [0.1, 0.15) is 11.1 Å². The molecule has 0 aliphatic carbocycles. The summed E-state index contributed by atoms with van der Waals surface area (Å²) in [5.41, 5.74) is 1.43. The Morgan fingerprint density at radius 2 is 2.29 bits per heavy atom. The minimum atomic E-state index is -0.920. The number of carboxylic acids is 1. The summed E-state index contributed by atoms with van der Waals surface area (Å²) in [4.78, 5) is 12.3. The lowest BCUT2D eigenvalue weighted by molar-refractivity contribution is -0.138. The summed E-state index contributed by atoms with van der Waals surface area (Å²) in [5, 5.41) is 17.5. The van der Waals surface area contributed by atoms with E-state index < -0.39 is 5.97 Å². The summed E-state index contributed by atoms with van der Waals surface area (Å²) in [6, 6.07) is 9.07. The highest BCUT2D eigenvalue weighted by atomic mass is 16.4. The minimum Gasteiger partial charge on any atom is -0.480 e. The van der Waals surface area contributed by atoms with Gasteiger partial charge in [-0.05, 0) is 17.7 Å². The number of terminal acetylenes is 1. The Bertz CT molecular complexity index is 483. The molecule has 4 heteroatoms. The highest BCUT2D eigenvalue weighted by Gasteiger charge is 2.09. The molecule has 0 atom stereocenters. The number of hydrogen-bond acceptors (Lipinski definition) is 3. The first-order chi connectivity index (χ1) is 8.15. The third-order valence-electron chi connectivity index (χ3n) is 2.14. The number of rotatable bonds is 5. The van der Waals surface area contributed by atoms with Crippen LogP contribution in [-0.2, 0) is 11.3 Å². The van der Waals surface area contributed by atoms with Crippen LogP contribution >= 0.6 is 0 Å². The molecule has 0 aliphatic rings. The first-order valence-electron chi connectivity index (χ1n) is 5.02. The van der Waals surface area contributed by atoms with Gasteiger partial charge in [-0.3, -0.25) is 9.69 Å². The second-order valence-electron chi connectivity index (χ2n) is 3.56. The Balaban J connectivity index is 2.75. The summed E-state index contributed by atoms with van der Waals surface area (Å²) in [6.07, 6.45) is 5.18. The Labute approximate surface area is 100 Å². The fourth-order valence-electron chi connectivity index (χ4n) is 1.49. The van der Waals surface area contributed by atoms with E-state index in [4.69, 9.17) is 16.8 Å². The van der Waals surface area contributed by atoms with E-state index in [2.05, 4.69) is 5.92 Å². The molecule has 0 bridgehead atoms. The van der Waals surface area contributed by atoms with Crippen molar-refractivity contribution in [2.24, 2.45) is 0 Å². The van der Waals surface area contributed by atoms with Crippen molar-refractivity contribution in [3.05, 3.63) is 35.4 Å². The van der Waals surface area contributed by atoms with Crippen LogP contribution in [0.2, 0.25) is 0 Å². The second-order valence-corrected chi connectivity index (χ2v) is 3.56. The molecule has 86 valence electrons. The van der Waals surface area contributed by atoms with E-state index in [9.17, 15) is 4.79 Å². The summed E-state index contributed by atoms with van der Waals surface area (Å²) < 4.78 is 0. The van der Waals surface area contributed by atoms with Crippen LogP contribution in [0.4, 0.5) is 0 Å². The van der Waals surface area contributed by atoms with Crippen LogP contribution in [0.15, 0.2) is 24.3 Å². The molecule has 0 fully saturated rings. The van der Waals surface area contributed by atoms with Crippen molar-refractivity contribution >= 4 is 5.97 Å². The summed E-state index contributed by atoms with van der Waals surface area (Å²) in [6.45, 7) is 0.579. The van der Waals surface area contributed by atoms with Crippen molar-refractivity contribution in [1.82, 2.24) is 4.90 Å². The molecule has 4 nitrogen and oxygen atoms in total. The SMILES string of the molecule is C#CCN(CC(=O)O)Cc1cccc(C#N)c1. The molecule has 17 heavy (non-hydrogen) atoms. The van der Waals surface area contributed by atoms with Gasteiger partial charge < -0.3 is 5.11 Å². The second kappa shape index (κ2) is 6.32. The van der Waals surface area contributed by atoms with Gasteiger partial charge >= 0.3 is 5.97 Å². The van der Waals surface area contributed by atoms with Crippen molar-refractivity contribution in [1.29, 1.82) is 5.26 Å². The molecule has 0 spiro atoms. The van der Waals surface area contributed by atoms with Gasteiger partial charge in [0.15, 0.2) is 0 Å². The standard InChI is InChI=1S/C13H12N2O2/c1-2-6-15(10-13(16)17)9-12-5-3-4-11(7-12)8-14/h1,3-5,7H,6,9-10H2,(H,16,17). The zero-order valence-corrected chi connectivity index (χ0v) is 9.26. The van der Waals surface area contributed by atoms with E-state index in [1.807, 2.05) is 12.1 Å².